The molecule has 2 rings (SSSR count). The number of benzene rings is 1. The molecular weight excluding hydrogens is 260 g/mol. The van der Waals surface area contributed by atoms with Gasteiger partial charge in [-0.25, -0.2) is 0 Å². The van der Waals surface area contributed by atoms with Crippen LogP contribution < -0.4 is 4.74 Å². The van der Waals surface area contributed by atoms with Gasteiger partial charge in [0.05, 0.1) is 24.5 Å². The summed E-state index contributed by atoms with van der Waals surface area (Å²) in [5.41, 5.74) is 0.995. The normalized spacial score (nSPS) is 24.8. The zero-order valence-electron chi connectivity index (χ0n) is 12.6. The van der Waals surface area contributed by atoms with E-state index in [4.69, 9.17) is 10.00 Å². The zero-order chi connectivity index (χ0) is 15.1. The number of nitriles is 2. The Labute approximate surface area is 127 Å². The number of ether oxygens (including phenoxy) is 1. The first-order valence-corrected chi connectivity index (χ1v) is 7.79. The van der Waals surface area contributed by atoms with Crippen LogP contribution in [0.5, 0.6) is 5.75 Å². The minimum absolute atomic E-state index is 0.00196. The number of hydrogen-bond acceptors (Lipinski definition) is 3. The second kappa shape index (κ2) is 7.70. The van der Waals surface area contributed by atoms with Crippen LogP contribution in [-0.4, -0.2) is 6.10 Å². The van der Waals surface area contributed by atoms with Gasteiger partial charge in [-0.15, -0.1) is 0 Å². The first kappa shape index (κ1) is 15.4. The van der Waals surface area contributed by atoms with Crippen molar-refractivity contribution in [3.05, 3.63) is 29.8 Å². The lowest BCUT2D eigenvalue weighted by Crippen LogP contribution is -2.33. The summed E-state index contributed by atoms with van der Waals surface area (Å²) < 4.78 is 6.06. The van der Waals surface area contributed by atoms with E-state index in [1.165, 1.54) is 12.8 Å². The van der Waals surface area contributed by atoms with E-state index in [1.54, 1.807) is 0 Å². The van der Waals surface area contributed by atoms with Crippen LogP contribution in [0.2, 0.25) is 0 Å². The van der Waals surface area contributed by atoms with Gasteiger partial charge in [0.25, 0.3) is 0 Å². The topological polar surface area (TPSA) is 56.8 Å². The fourth-order valence-electron chi connectivity index (χ4n) is 3.11. The molecule has 1 saturated carbocycles. The van der Waals surface area contributed by atoms with Gasteiger partial charge in [0.2, 0.25) is 0 Å². The van der Waals surface area contributed by atoms with Crippen molar-refractivity contribution in [1.82, 2.24) is 0 Å². The van der Waals surface area contributed by atoms with Gasteiger partial charge in [-0.1, -0.05) is 31.9 Å². The minimum Gasteiger partial charge on any atom is -0.489 e. The maximum atomic E-state index is 9.30. The smallest absolute Gasteiger partial charge is 0.119 e. The quantitative estimate of drug-likeness (QED) is 0.811. The van der Waals surface area contributed by atoms with E-state index in [2.05, 4.69) is 19.1 Å². The molecule has 0 heterocycles. The SMILES string of the molecule is CCCC1CCC(C#N)C(Oc2ccc(CC#N)cc2)C1. The average Bonchev–Trinajstić information content (AvgIpc) is 2.50. The van der Waals surface area contributed by atoms with E-state index in [1.807, 2.05) is 24.3 Å². The summed E-state index contributed by atoms with van der Waals surface area (Å²) in [6.45, 7) is 2.21. The summed E-state index contributed by atoms with van der Waals surface area (Å²) in [6, 6.07) is 12.2. The Morgan fingerprint density at radius 3 is 2.57 bits per heavy atom. The summed E-state index contributed by atoms with van der Waals surface area (Å²) in [7, 11) is 0. The third-order valence-electron chi connectivity index (χ3n) is 4.26. The number of nitrogens with zero attached hydrogens (tertiary/aromatic N) is 2. The molecule has 0 radical (unpaired) electrons. The lowest BCUT2D eigenvalue weighted by atomic mass is 9.78. The van der Waals surface area contributed by atoms with Gasteiger partial charge in [0.15, 0.2) is 0 Å². The molecular formula is C18H22N2O. The minimum atomic E-state index is -0.00288. The molecule has 1 aliphatic carbocycles. The zero-order valence-corrected chi connectivity index (χ0v) is 12.6. The van der Waals surface area contributed by atoms with Gasteiger partial charge in [-0.3, -0.25) is 0 Å². The molecule has 0 spiro atoms. The fraction of sp³-hybridized carbons (Fsp3) is 0.556. The van der Waals surface area contributed by atoms with Gasteiger partial charge < -0.3 is 4.74 Å². The lowest BCUT2D eigenvalue weighted by Gasteiger charge is -2.33. The van der Waals surface area contributed by atoms with Crippen LogP contribution in [0.3, 0.4) is 0 Å². The lowest BCUT2D eigenvalue weighted by molar-refractivity contribution is 0.0875. The van der Waals surface area contributed by atoms with Crippen molar-refractivity contribution in [2.24, 2.45) is 11.8 Å². The number of rotatable bonds is 5. The first-order chi connectivity index (χ1) is 10.3. The molecule has 0 aromatic heterocycles. The van der Waals surface area contributed by atoms with Crippen molar-refractivity contribution in [2.75, 3.05) is 0 Å². The second-order valence-electron chi connectivity index (χ2n) is 5.84. The Hall–Kier alpha value is -2.00. The van der Waals surface area contributed by atoms with Crippen molar-refractivity contribution in [1.29, 1.82) is 10.5 Å². The van der Waals surface area contributed by atoms with E-state index < -0.39 is 0 Å². The Morgan fingerprint density at radius 1 is 1.19 bits per heavy atom. The second-order valence-corrected chi connectivity index (χ2v) is 5.84. The Morgan fingerprint density at radius 2 is 1.95 bits per heavy atom. The van der Waals surface area contributed by atoms with Crippen molar-refractivity contribution in [3.63, 3.8) is 0 Å². The highest BCUT2D eigenvalue weighted by Gasteiger charge is 2.31. The van der Waals surface area contributed by atoms with Crippen molar-refractivity contribution in [3.8, 4) is 17.9 Å². The summed E-state index contributed by atoms with van der Waals surface area (Å²) in [5, 5.41) is 18.0. The molecule has 3 atom stereocenters. The molecule has 1 fully saturated rings. The van der Waals surface area contributed by atoms with E-state index >= 15 is 0 Å². The standard InChI is InChI=1S/C18H22N2O/c1-2-3-15-4-7-16(13-20)18(12-15)21-17-8-5-14(6-9-17)10-11-19/h5-6,8-9,15-16,18H,2-4,7,10,12H2,1H3. The van der Waals surface area contributed by atoms with Crippen LogP contribution >= 0.6 is 0 Å². The highest BCUT2D eigenvalue weighted by Crippen LogP contribution is 2.34. The molecule has 1 aromatic rings. The van der Waals surface area contributed by atoms with Gasteiger partial charge in [-0.05, 0) is 42.9 Å². The van der Waals surface area contributed by atoms with Crippen LogP contribution in [0.4, 0.5) is 0 Å². The van der Waals surface area contributed by atoms with Crippen LogP contribution in [0.1, 0.15) is 44.6 Å². The van der Waals surface area contributed by atoms with Gasteiger partial charge in [0, 0.05) is 0 Å². The maximum Gasteiger partial charge on any atom is 0.119 e. The highest BCUT2D eigenvalue weighted by atomic mass is 16.5. The number of hydrogen-bond donors (Lipinski definition) is 0. The first-order valence-electron chi connectivity index (χ1n) is 7.79. The molecule has 1 aromatic carbocycles. The van der Waals surface area contributed by atoms with Crippen LogP contribution in [0.15, 0.2) is 24.3 Å². The summed E-state index contributed by atoms with van der Waals surface area (Å²) in [6.07, 6.45) is 5.90. The maximum absolute atomic E-state index is 9.30. The van der Waals surface area contributed by atoms with Crippen LogP contribution in [0.25, 0.3) is 0 Å². The molecule has 0 bridgehead atoms. The molecule has 0 N–H and O–H groups in total. The molecule has 21 heavy (non-hydrogen) atoms. The van der Waals surface area contributed by atoms with Crippen molar-refractivity contribution >= 4 is 0 Å². The van der Waals surface area contributed by atoms with E-state index in [0.717, 1.165) is 30.6 Å². The summed E-state index contributed by atoms with van der Waals surface area (Å²) in [5.74, 6) is 1.48. The third-order valence-corrected chi connectivity index (χ3v) is 4.26. The predicted octanol–water partition coefficient (Wildman–Crippen LogP) is 4.24. The summed E-state index contributed by atoms with van der Waals surface area (Å²) >= 11 is 0. The molecule has 3 nitrogen and oxygen atoms in total. The largest absolute Gasteiger partial charge is 0.489 e. The average molecular weight is 282 g/mol. The predicted molar refractivity (Wildman–Crippen MR) is 81.5 cm³/mol. The molecule has 110 valence electrons. The van der Waals surface area contributed by atoms with Crippen molar-refractivity contribution in [2.45, 2.75) is 51.6 Å². The molecule has 3 heteroatoms. The molecule has 0 saturated heterocycles. The monoisotopic (exact) mass is 282 g/mol. The van der Waals surface area contributed by atoms with E-state index in [9.17, 15) is 5.26 Å². The molecule has 3 unspecified atom stereocenters. The van der Waals surface area contributed by atoms with E-state index in [-0.39, 0.29) is 12.0 Å². The molecule has 1 aliphatic rings. The summed E-state index contributed by atoms with van der Waals surface area (Å²) in [4.78, 5) is 0. The van der Waals surface area contributed by atoms with Crippen LogP contribution in [0, 0.1) is 34.5 Å². The fourth-order valence-corrected chi connectivity index (χ4v) is 3.11. The highest BCUT2D eigenvalue weighted by molar-refractivity contribution is 5.29. The Balaban J connectivity index is 2.01. The Kier molecular flexibility index (Phi) is 5.64. The Bertz CT molecular complexity index is 524. The molecule has 0 aliphatic heterocycles. The van der Waals surface area contributed by atoms with E-state index in [0.29, 0.717) is 12.3 Å². The molecule has 0 amide bonds. The van der Waals surface area contributed by atoms with Crippen LogP contribution in [-0.2, 0) is 6.42 Å². The van der Waals surface area contributed by atoms with Gasteiger partial charge in [0.1, 0.15) is 11.9 Å². The van der Waals surface area contributed by atoms with Gasteiger partial charge >= 0.3 is 0 Å². The van der Waals surface area contributed by atoms with Gasteiger partial charge in [-0.2, -0.15) is 10.5 Å². The third kappa shape index (κ3) is 4.23. The van der Waals surface area contributed by atoms with Crippen molar-refractivity contribution < 1.29 is 4.74 Å².